The molecule has 0 amide bonds. The maximum absolute atomic E-state index is 3.69. The van der Waals surface area contributed by atoms with E-state index < -0.39 is 0 Å². The first-order valence-corrected chi connectivity index (χ1v) is 5.04. The topological polar surface area (TPSA) is 0 Å². The molecule has 0 aromatic rings. The molecular formula is C9H18S. The number of hydrogen-bond acceptors (Lipinski definition) is 1. The monoisotopic (exact) mass is 158 g/mol. The van der Waals surface area contributed by atoms with E-state index in [9.17, 15) is 0 Å². The summed E-state index contributed by atoms with van der Waals surface area (Å²) in [6.45, 7) is 8.18. The Kier molecular flexibility index (Phi) is 7.26. The summed E-state index contributed by atoms with van der Waals surface area (Å²) in [4.78, 5) is 0. The van der Waals surface area contributed by atoms with Gasteiger partial charge in [0.05, 0.1) is 0 Å². The fourth-order valence-electron chi connectivity index (χ4n) is 0.710. The van der Waals surface area contributed by atoms with Crippen molar-refractivity contribution in [3.63, 3.8) is 0 Å². The molecule has 0 bridgehead atoms. The Morgan fingerprint density at radius 1 is 1.40 bits per heavy atom. The Bertz CT molecular complexity index is 76.8. The van der Waals surface area contributed by atoms with Crippen molar-refractivity contribution in [2.45, 2.75) is 38.4 Å². The minimum absolute atomic E-state index is 0.795. The highest BCUT2D eigenvalue weighted by molar-refractivity contribution is 7.99. The highest BCUT2D eigenvalue weighted by Crippen LogP contribution is 2.11. The lowest BCUT2D eigenvalue weighted by Crippen LogP contribution is -1.89. The smallest absolute Gasteiger partial charge is 0.000968 e. The van der Waals surface area contributed by atoms with Gasteiger partial charge in [-0.2, -0.15) is 11.8 Å². The molecule has 0 radical (unpaired) electrons. The molecule has 0 N–H and O–H groups in total. The number of allylic oxidation sites excluding steroid dienone is 1. The predicted molar refractivity (Wildman–Crippen MR) is 51.6 cm³/mol. The van der Waals surface area contributed by atoms with E-state index in [0.29, 0.717) is 0 Å². The zero-order chi connectivity index (χ0) is 7.82. The van der Waals surface area contributed by atoms with Crippen LogP contribution in [-0.2, 0) is 0 Å². The van der Waals surface area contributed by atoms with Gasteiger partial charge in [0.15, 0.2) is 0 Å². The summed E-state index contributed by atoms with van der Waals surface area (Å²) in [5, 5.41) is 0.795. The van der Waals surface area contributed by atoms with Gasteiger partial charge in [0.25, 0.3) is 0 Å². The Morgan fingerprint density at radius 3 is 2.60 bits per heavy atom. The van der Waals surface area contributed by atoms with Gasteiger partial charge in [0.1, 0.15) is 0 Å². The zero-order valence-electron chi connectivity index (χ0n) is 7.10. The molecule has 0 aliphatic rings. The molecule has 0 rings (SSSR count). The number of rotatable bonds is 6. The predicted octanol–water partition coefficient (Wildman–Crippen LogP) is 3.48. The van der Waals surface area contributed by atoms with Crippen molar-refractivity contribution >= 4 is 11.8 Å². The first-order chi connectivity index (χ1) is 4.77. The Morgan fingerprint density at radius 2 is 2.10 bits per heavy atom. The molecule has 0 atom stereocenters. The fraction of sp³-hybridized carbons (Fsp3) is 0.778. The molecule has 0 unspecified atom stereocenters. The van der Waals surface area contributed by atoms with Gasteiger partial charge >= 0.3 is 0 Å². The van der Waals surface area contributed by atoms with Crippen LogP contribution in [0.5, 0.6) is 0 Å². The van der Waals surface area contributed by atoms with E-state index in [1.165, 1.54) is 25.0 Å². The summed E-state index contributed by atoms with van der Waals surface area (Å²) in [6.07, 6.45) is 5.83. The molecule has 0 aliphatic carbocycles. The van der Waals surface area contributed by atoms with Gasteiger partial charge in [-0.05, 0) is 30.3 Å². The quantitative estimate of drug-likeness (QED) is 0.421. The molecule has 0 fully saturated rings. The van der Waals surface area contributed by atoms with Crippen molar-refractivity contribution in [1.82, 2.24) is 0 Å². The van der Waals surface area contributed by atoms with E-state index in [0.717, 1.165) is 5.25 Å². The standard InChI is InChI=1S/C9H18S/c1-4-5-6-7-8-10-9(2)3/h4,9H,1,5-8H2,2-3H3. The lowest BCUT2D eigenvalue weighted by Gasteiger charge is -2.02. The number of thioether (sulfide) groups is 1. The van der Waals surface area contributed by atoms with Crippen molar-refractivity contribution < 1.29 is 0 Å². The van der Waals surface area contributed by atoms with E-state index in [4.69, 9.17) is 0 Å². The summed E-state index contributed by atoms with van der Waals surface area (Å²) in [5.41, 5.74) is 0. The van der Waals surface area contributed by atoms with Gasteiger partial charge in [-0.1, -0.05) is 19.9 Å². The molecule has 60 valence electrons. The van der Waals surface area contributed by atoms with Gasteiger partial charge in [0.2, 0.25) is 0 Å². The third-order valence-corrected chi connectivity index (χ3v) is 2.44. The van der Waals surface area contributed by atoms with Gasteiger partial charge < -0.3 is 0 Å². The second-order valence-electron chi connectivity index (χ2n) is 2.70. The average molecular weight is 158 g/mol. The summed E-state index contributed by atoms with van der Waals surface area (Å²) < 4.78 is 0. The van der Waals surface area contributed by atoms with Gasteiger partial charge in [-0.15, -0.1) is 6.58 Å². The Hall–Kier alpha value is 0.0900. The van der Waals surface area contributed by atoms with Crippen molar-refractivity contribution in [3.8, 4) is 0 Å². The normalized spacial score (nSPS) is 10.3. The van der Waals surface area contributed by atoms with Crippen LogP contribution >= 0.6 is 11.8 Å². The van der Waals surface area contributed by atoms with Gasteiger partial charge in [-0.3, -0.25) is 0 Å². The van der Waals surface area contributed by atoms with Crippen LogP contribution < -0.4 is 0 Å². The summed E-state index contributed by atoms with van der Waals surface area (Å²) in [5.74, 6) is 1.31. The zero-order valence-corrected chi connectivity index (χ0v) is 7.91. The molecule has 0 heterocycles. The molecule has 0 aliphatic heterocycles. The first kappa shape index (κ1) is 10.1. The van der Waals surface area contributed by atoms with E-state index in [-0.39, 0.29) is 0 Å². The second kappa shape index (κ2) is 7.20. The molecule has 0 aromatic carbocycles. The van der Waals surface area contributed by atoms with Gasteiger partial charge in [0, 0.05) is 0 Å². The fourth-order valence-corrected chi connectivity index (χ4v) is 1.55. The van der Waals surface area contributed by atoms with Crippen LogP contribution in [0.25, 0.3) is 0 Å². The maximum Gasteiger partial charge on any atom is -0.000968 e. The summed E-state index contributed by atoms with van der Waals surface area (Å²) in [6, 6.07) is 0. The van der Waals surface area contributed by atoms with Crippen LogP contribution in [0.1, 0.15) is 33.1 Å². The molecule has 0 aromatic heterocycles. The molecule has 0 saturated heterocycles. The lowest BCUT2D eigenvalue weighted by molar-refractivity contribution is 0.822. The van der Waals surface area contributed by atoms with Crippen LogP contribution in [0.4, 0.5) is 0 Å². The van der Waals surface area contributed by atoms with Gasteiger partial charge in [-0.25, -0.2) is 0 Å². The molecule has 0 saturated carbocycles. The van der Waals surface area contributed by atoms with Crippen LogP contribution in [0, 0.1) is 0 Å². The minimum atomic E-state index is 0.795. The molecule has 10 heavy (non-hydrogen) atoms. The molecular weight excluding hydrogens is 140 g/mol. The highest BCUT2D eigenvalue weighted by Gasteiger charge is 1.92. The Balaban J connectivity index is 2.83. The van der Waals surface area contributed by atoms with Crippen molar-refractivity contribution in [3.05, 3.63) is 12.7 Å². The maximum atomic E-state index is 3.69. The van der Waals surface area contributed by atoms with E-state index in [2.05, 4.69) is 20.4 Å². The second-order valence-corrected chi connectivity index (χ2v) is 4.39. The van der Waals surface area contributed by atoms with E-state index in [1.54, 1.807) is 0 Å². The third-order valence-electron chi connectivity index (χ3n) is 1.25. The minimum Gasteiger partial charge on any atom is -0.159 e. The summed E-state index contributed by atoms with van der Waals surface area (Å²) >= 11 is 2.05. The third kappa shape index (κ3) is 8.09. The van der Waals surface area contributed by atoms with Crippen LogP contribution in [0.3, 0.4) is 0 Å². The van der Waals surface area contributed by atoms with Crippen molar-refractivity contribution in [1.29, 1.82) is 0 Å². The van der Waals surface area contributed by atoms with Crippen LogP contribution in [0.15, 0.2) is 12.7 Å². The lowest BCUT2D eigenvalue weighted by atomic mass is 10.2. The average Bonchev–Trinajstić information content (AvgIpc) is 1.87. The SMILES string of the molecule is C=CCCCCSC(C)C. The van der Waals surface area contributed by atoms with Crippen LogP contribution in [-0.4, -0.2) is 11.0 Å². The number of hydrogen-bond donors (Lipinski definition) is 0. The largest absolute Gasteiger partial charge is 0.159 e. The molecule has 0 nitrogen and oxygen atoms in total. The van der Waals surface area contributed by atoms with Crippen LogP contribution in [0.2, 0.25) is 0 Å². The van der Waals surface area contributed by atoms with Crippen molar-refractivity contribution in [2.75, 3.05) is 5.75 Å². The first-order valence-electron chi connectivity index (χ1n) is 4.00. The summed E-state index contributed by atoms with van der Waals surface area (Å²) in [7, 11) is 0. The van der Waals surface area contributed by atoms with Crippen molar-refractivity contribution in [2.24, 2.45) is 0 Å². The van der Waals surface area contributed by atoms with E-state index >= 15 is 0 Å². The molecule has 1 heteroatoms. The number of unbranched alkanes of at least 4 members (excludes halogenated alkanes) is 2. The highest BCUT2D eigenvalue weighted by atomic mass is 32.2. The molecule has 0 spiro atoms. The Labute approximate surface area is 69.1 Å². The van der Waals surface area contributed by atoms with E-state index in [1.807, 2.05) is 17.8 Å².